The predicted octanol–water partition coefficient (Wildman–Crippen LogP) is 5.13. The molecule has 0 saturated heterocycles. The Morgan fingerprint density at radius 3 is 2.29 bits per heavy atom. The molecule has 8 heteroatoms. The van der Waals surface area contributed by atoms with Crippen LogP contribution in [0, 0.1) is 6.92 Å². The molecule has 0 N–H and O–H groups in total. The van der Waals surface area contributed by atoms with E-state index in [0.717, 1.165) is 17.8 Å². The fraction of sp³-hybridized carbons (Fsp3) is 0.200. The van der Waals surface area contributed by atoms with Crippen LogP contribution >= 0.6 is 11.6 Å². The van der Waals surface area contributed by atoms with Gasteiger partial charge in [0, 0.05) is 13.6 Å². The number of aryl methyl sites for hydroxylation is 1. The van der Waals surface area contributed by atoms with Crippen molar-refractivity contribution < 1.29 is 18.0 Å². The van der Waals surface area contributed by atoms with Gasteiger partial charge in [-0.05, 0) is 36.8 Å². The summed E-state index contributed by atoms with van der Waals surface area (Å²) in [4.78, 5) is 14.3. The molecule has 0 aliphatic rings. The van der Waals surface area contributed by atoms with Gasteiger partial charge in [0.1, 0.15) is 5.15 Å². The first kappa shape index (κ1) is 19.9. The number of carbonyl (C=O) groups is 1. The number of halogens is 4. The number of rotatable bonds is 4. The molecule has 0 radical (unpaired) electrons. The number of amides is 1. The van der Waals surface area contributed by atoms with Gasteiger partial charge >= 0.3 is 6.18 Å². The van der Waals surface area contributed by atoms with E-state index in [-0.39, 0.29) is 23.2 Å². The van der Waals surface area contributed by atoms with Gasteiger partial charge in [0.15, 0.2) is 0 Å². The molecule has 0 atom stereocenters. The van der Waals surface area contributed by atoms with Gasteiger partial charge in [-0.1, -0.05) is 41.9 Å². The highest BCUT2D eigenvalue weighted by atomic mass is 35.5. The lowest BCUT2D eigenvalue weighted by atomic mass is 10.1. The van der Waals surface area contributed by atoms with Crippen molar-refractivity contribution in [3.05, 3.63) is 82.1 Å². The van der Waals surface area contributed by atoms with E-state index >= 15 is 0 Å². The summed E-state index contributed by atoms with van der Waals surface area (Å²) in [5.74, 6) is -0.357. The molecule has 1 aromatic heterocycles. The summed E-state index contributed by atoms with van der Waals surface area (Å²) in [6.07, 6.45) is -4.39. The normalized spacial score (nSPS) is 11.5. The SMILES string of the molecule is Cc1nn(-c2ccccc2)c(Cl)c1C(=O)N(C)Cc1ccc(C(F)(F)F)cc1. The zero-order valence-corrected chi connectivity index (χ0v) is 15.9. The molecular formula is C20H17ClF3N3O. The minimum absolute atomic E-state index is 0.142. The van der Waals surface area contributed by atoms with Crippen molar-refractivity contribution in [1.29, 1.82) is 0 Å². The van der Waals surface area contributed by atoms with Crippen LogP contribution < -0.4 is 0 Å². The summed E-state index contributed by atoms with van der Waals surface area (Å²) in [6.45, 7) is 1.83. The molecule has 2 aromatic carbocycles. The third kappa shape index (κ3) is 4.04. The second kappa shape index (κ2) is 7.67. The third-order valence-corrected chi connectivity index (χ3v) is 4.62. The van der Waals surface area contributed by atoms with Crippen molar-refractivity contribution >= 4 is 17.5 Å². The molecule has 3 aromatic rings. The standard InChI is InChI=1S/C20H17ClF3N3O/c1-13-17(18(21)27(25-13)16-6-4-3-5-7-16)19(28)26(2)12-14-8-10-15(11-9-14)20(22,23)24/h3-11H,12H2,1-2H3. The highest BCUT2D eigenvalue weighted by molar-refractivity contribution is 6.33. The predicted molar refractivity (Wildman–Crippen MR) is 101 cm³/mol. The molecule has 1 heterocycles. The molecule has 1 amide bonds. The van der Waals surface area contributed by atoms with Crippen LogP contribution in [0.4, 0.5) is 13.2 Å². The van der Waals surface area contributed by atoms with Crippen LogP contribution in [0.15, 0.2) is 54.6 Å². The van der Waals surface area contributed by atoms with Crippen molar-refractivity contribution in [2.24, 2.45) is 0 Å². The number of carbonyl (C=O) groups excluding carboxylic acids is 1. The van der Waals surface area contributed by atoms with Crippen LogP contribution in [0.1, 0.15) is 27.2 Å². The molecular weight excluding hydrogens is 391 g/mol. The van der Waals surface area contributed by atoms with E-state index in [1.165, 1.54) is 21.7 Å². The van der Waals surface area contributed by atoms with Gasteiger partial charge in [-0.3, -0.25) is 4.79 Å². The number of hydrogen-bond donors (Lipinski definition) is 0. The van der Waals surface area contributed by atoms with Crippen LogP contribution in [0.25, 0.3) is 5.69 Å². The average Bonchev–Trinajstić information content (AvgIpc) is 2.95. The molecule has 146 valence electrons. The molecule has 0 unspecified atom stereocenters. The number of hydrogen-bond acceptors (Lipinski definition) is 2. The third-order valence-electron chi connectivity index (χ3n) is 4.27. The molecule has 4 nitrogen and oxygen atoms in total. The Kier molecular flexibility index (Phi) is 5.47. The number of para-hydroxylation sites is 1. The fourth-order valence-corrected chi connectivity index (χ4v) is 3.17. The van der Waals surface area contributed by atoms with Gasteiger partial charge in [-0.2, -0.15) is 18.3 Å². The maximum atomic E-state index is 12.9. The summed E-state index contributed by atoms with van der Waals surface area (Å²) in [5, 5.41) is 4.53. The minimum Gasteiger partial charge on any atom is -0.337 e. The zero-order chi connectivity index (χ0) is 20.5. The van der Waals surface area contributed by atoms with Gasteiger partial charge in [0.05, 0.1) is 22.5 Å². The molecule has 0 bridgehead atoms. The van der Waals surface area contributed by atoms with Crippen molar-refractivity contribution in [3.8, 4) is 5.69 Å². The van der Waals surface area contributed by atoms with E-state index in [1.807, 2.05) is 30.3 Å². The maximum absolute atomic E-state index is 12.9. The first-order chi connectivity index (χ1) is 13.2. The first-order valence-electron chi connectivity index (χ1n) is 8.40. The van der Waals surface area contributed by atoms with E-state index < -0.39 is 11.7 Å². The Balaban J connectivity index is 1.81. The lowest BCUT2D eigenvalue weighted by molar-refractivity contribution is -0.137. The van der Waals surface area contributed by atoms with Crippen molar-refractivity contribution in [1.82, 2.24) is 14.7 Å². The lowest BCUT2D eigenvalue weighted by Gasteiger charge is -2.18. The number of aromatic nitrogens is 2. The molecule has 0 aliphatic carbocycles. The quantitative estimate of drug-likeness (QED) is 0.601. The fourth-order valence-electron chi connectivity index (χ4n) is 2.82. The lowest BCUT2D eigenvalue weighted by Crippen LogP contribution is -2.26. The molecule has 0 spiro atoms. The van der Waals surface area contributed by atoms with Gasteiger partial charge in [0.2, 0.25) is 0 Å². The molecule has 3 rings (SSSR count). The van der Waals surface area contributed by atoms with E-state index in [1.54, 1.807) is 14.0 Å². The molecule has 0 aliphatic heterocycles. The highest BCUT2D eigenvalue weighted by Crippen LogP contribution is 2.29. The Morgan fingerprint density at radius 1 is 1.11 bits per heavy atom. The number of nitrogens with zero attached hydrogens (tertiary/aromatic N) is 3. The minimum atomic E-state index is -4.39. The second-order valence-electron chi connectivity index (χ2n) is 6.35. The highest BCUT2D eigenvalue weighted by Gasteiger charge is 2.30. The number of alkyl halides is 3. The summed E-state index contributed by atoms with van der Waals surface area (Å²) in [6, 6.07) is 13.9. The van der Waals surface area contributed by atoms with Crippen LogP contribution in [0.3, 0.4) is 0 Å². The maximum Gasteiger partial charge on any atom is 0.416 e. The Hall–Kier alpha value is -2.80. The Morgan fingerprint density at radius 2 is 1.71 bits per heavy atom. The zero-order valence-electron chi connectivity index (χ0n) is 15.2. The van der Waals surface area contributed by atoms with Gasteiger partial charge < -0.3 is 4.90 Å². The topological polar surface area (TPSA) is 38.1 Å². The van der Waals surface area contributed by atoms with Gasteiger partial charge in [-0.15, -0.1) is 0 Å². The van der Waals surface area contributed by atoms with Crippen molar-refractivity contribution in [2.75, 3.05) is 7.05 Å². The van der Waals surface area contributed by atoms with Gasteiger partial charge in [0.25, 0.3) is 5.91 Å². The van der Waals surface area contributed by atoms with Crippen molar-refractivity contribution in [2.45, 2.75) is 19.6 Å². The summed E-state index contributed by atoms with van der Waals surface area (Å²) >= 11 is 6.40. The Bertz CT molecular complexity index is 982. The largest absolute Gasteiger partial charge is 0.416 e. The van der Waals surface area contributed by atoms with Crippen LogP contribution in [-0.4, -0.2) is 27.6 Å². The molecule has 28 heavy (non-hydrogen) atoms. The summed E-state index contributed by atoms with van der Waals surface area (Å²) < 4.78 is 39.5. The first-order valence-corrected chi connectivity index (χ1v) is 8.78. The molecule has 0 saturated carbocycles. The Labute approximate surface area is 165 Å². The van der Waals surface area contributed by atoms with E-state index in [9.17, 15) is 18.0 Å². The van der Waals surface area contributed by atoms with Crippen LogP contribution in [-0.2, 0) is 12.7 Å². The van der Waals surface area contributed by atoms with E-state index in [4.69, 9.17) is 11.6 Å². The monoisotopic (exact) mass is 407 g/mol. The van der Waals surface area contributed by atoms with Crippen LogP contribution in [0.2, 0.25) is 5.15 Å². The van der Waals surface area contributed by atoms with Gasteiger partial charge in [-0.25, -0.2) is 4.68 Å². The molecule has 0 fully saturated rings. The van der Waals surface area contributed by atoms with Crippen LogP contribution in [0.5, 0.6) is 0 Å². The van der Waals surface area contributed by atoms with Crippen molar-refractivity contribution in [3.63, 3.8) is 0 Å². The van der Waals surface area contributed by atoms with E-state index in [2.05, 4.69) is 5.10 Å². The summed E-state index contributed by atoms with van der Waals surface area (Å²) in [5.41, 5.74) is 1.31. The number of benzene rings is 2. The second-order valence-corrected chi connectivity index (χ2v) is 6.71. The average molecular weight is 408 g/mol. The summed E-state index contributed by atoms with van der Waals surface area (Å²) in [7, 11) is 1.57. The smallest absolute Gasteiger partial charge is 0.337 e. The van der Waals surface area contributed by atoms with E-state index in [0.29, 0.717) is 11.3 Å².